The van der Waals surface area contributed by atoms with Gasteiger partial charge in [0, 0.05) is 12.2 Å². The quantitative estimate of drug-likeness (QED) is 0.644. The summed E-state index contributed by atoms with van der Waals surface area (Å²) in [6.45, 7) is 6.04. The van der Waals surface area contributed by atoms with E-state index >= 15 is 0 Å². The van der Waals surface area contributed by atoms with Crippen LogP contribution in [0.2, 0.25) is 0 Å². The van der Waals surface area contributed by atoms with Gasteiger partial charge in [0.1, 0.15) is 0 Å². The number of nitrogens with one attached hydrogen (secondary N) is 1. The summed E-state index contributed by atoms with van der Waals surface area (Å²) < 4.78 is 0. The van der Waals surface area contributed by atoms with Crippen molar-refractivity contribution < 1.29 is 0 Å². The summed E-state index contributed by atoms with van der Waals surface area (Å²) in [7, 11) is 0. The molecule has 1 heteroatoms. The molecule has 1 nitrogen and oxygen atoms in total. The average Bonchev–Trinajstić information content (AvgIpc) is 2.36. The van der Waals surface area contributed by atoms with Crippen molar-refractivity contribution in [2.24, 2.45) is 5.92 Å². The molecule has 2 rings (SSSR count). The maximum absolute atomic E-state index is 3.84. The van der Waals surface area contributed by atoms with E-state index in [1.54, 1.807) is 0 Å². The molecular formula is C13H15N. The summed E-state index contributed by atoms with van der Waals surface area (Å²) in [4.78, 5) is 0. The van der Waals surface area contributed by atoms with Crippen molar-refractivity contribution >= 4 is 12.3 Å². The van der Waals surface area contributed by atoms with Crippen LogP contribution in [0.4, 0.5) is 0 Å². The van der Waals surface area contributed by atoms with E-state index in [2.05, 4.69) is 55.4 Å². The van der Waals surface area contributed by atoms with Gasteiger partial charge in [-0.1, -0.05) is 43.3 Å². The highest BCUT2D eigenvalue weighted by Gasteiger charge is 2.10. The molecule has 1 aromatic rings. The lowest BCUT2D eigenvalue weighted by atomic mass is 10.0. The summed E-state index contributed by atoms with van der Waals surface area (Å²) >= 11 is 0. The van der Waals surface area contributed by atoms with Crippen LogP contribution in [-0.4, -0.2) is 6.04 Å². The zero-order chi connectivity index (χ0) is 9.97. The van der Waals surface area contributed by atoms with Crippen LogP contribution < -0.4 is 15.8 Å². The van der Waals surface area contributed by atoms with E-state index in [0.29, 0.717) is 12.0 Å². The van der Waals surface area contributed by atoms with Crippen LogP contribution in [0, 0.1) is 5.92 Å². The number of fused-ring (bicyclic) bond motifs is 1. The molecule has 1 aliphatic rings. The lowest BCUT2D eigenvalue weighted by Gasteiger charge is -2.15. The first-order valence-electron chi connectivity index (χ1n) is 4.97. The second-order valence-electron chi connectivity index (χ2n) is 3.73. The lowest BCUT2D eigenvalue weighted by Crippen LogP contribution is -2.27. The van der Waals surface area contributed by atoms with Crippen LogP contribution in [0.3, 0.4) is 0 Å². The summed E-state index contributed by atoms with van der Waals surface area (Å²) in [5, 5.41) is 5.92. The van der Waals surface area contributed by atoms with Gasteiger partial charge in [0.15, 0.2) is 0 Å². The van der Waals surface area contributed by atoms with E-state index in [9.17, 15) is 0 Å². The Labute approximate surface area is 84.5 Å². The minimum Gasteiger partial charge on any atom is -0.384 e. The second kappa shape index (κ2) is 3.70. The van der Waals surface area contributed by atoms with E-state index in [1.807, 2.05) is 6.08 Å². The molecule has 0 aromatic heterocycles. The van der Waals surface area contributed by atoms with Gasteiger partial charge in [-0.05, 0) is 16.4 Å². The van der Waals surface area contributed by atoms with Crippen molar-refractivity contribution in [2.75, 3.05) is 0 Å². The standard InChI is InChI=1S/C13H15N/c1-3-13-10(2)8-11-6-4-5-7-12(11)9-14-13/h3-10,13-14H,1H2,2H3. The molecule has 14 heavy (non-hydrogen) atoms. The fourth-order valence-electron chi connectivity index (χ4n) is 1.80. The Kier molecular flexibility index (Phi) is 2.40. The maximum atomic E-state index is 3.84. The normalized spacial score (nSPS) is 24.6. The van der Waals surface area contributed by atoms with Gasteiger partial charge in [-0.25, -0.2) is 0 Å². The Hall–Kier alpha value is -1.50. The predicted octanol–water partition coefficient (Wildman–Crippen LogP) is 0.999. The van der Waals surface area contributed by atoms with Gasteiger partial charge < -0.3 is 5.32 Å². The zero-order valence-electron chi connectivity index (χ0n) is 8.40. The maximum Gasteiger partial charge on any atom is 0.0496 e. The molecule has 72 valence electrons. The second-order valence-corrected chi connectivity index (χ2v) is 3.73. The third-order valence-corrected chi connectivity index (χ3v) is 2.69. The summed E-state index contributed by atoms with van der Waals surface area (Å²) in [5.74, 6) is 0.479. The molecule has 1 N–H and O–H groups in total. The molecule has 0 aliphatic carbocycles. The minimum absolute atomic E-state index is 0.336. The lowest BCUT2D eigenvalue weighted by molar-refractivity contribution is 0.606. The fraction of sp³-hybridized carbons (Fsp3) is 0.231. The highest BCUT2D eigenvalue weighted by molar-refractivity contribution is 5.38. The number of rotatable bonds is 1. The first kappa shape index (κ1) is 9.07. The number of hydrogen-bond donors (Lipinski definition) is 1. The van der Waals surface area contributed by atoms with Gasteiger partial charge in [0.05, 0.1) is 0 Å². The van der Waals surface area contributed by atoms with Gasteiger partial charge in [-0.15, -0.1) is 6.58 Å². The monoisotopic (exact) mass is 185 g/mol. The first-order valence-corrected chi connectivity index (χ1v) is 4.97. The average molecular weight is 185 g/mol. The van der Waals surface area contributed by atoms with Gasteiger partial charge in [-0.3, -0.25) is 0 Å². The third kappa shape index (κ3) is 1.58. The van der Waals surface area contributed by atoms with Crippen molar-refractivity contribution in [3.63, 3.8) is 0 Å². The predicted molar refractivity (Wildman–Crippen MR) is 60.9 cm³/mol. The molecule has 1 heterocycles. The summed E-state index contributed by atoms with van der Waals surface area (Å²) in [5.41, 5.74) is 0. The Bertz CT molecular complexity index is 445. The molecule has 2 atom stereocenters. The Morgan fingerprint density at radius 2 is 2.00 bits per heavy atom. The van der Waals surface area contributed by atoms with E-state index < -0.39 is 0 Å². The van der Waals surface area contributed by atoms with Crippen molar-refractivity contribution in [2.45, 2.75) is 13.0 Å². The molecule has 2 unspecified atom stereocenters. The van der Waals surface area contributed by atoms with Crippen LogP contribution in [0.1, 0.15) is 6.92 Å². The van der Waals surface area contributed by atoms with E-state index in [0.717, 1.165) is 0 Å². The number of hydrogen-bond acceptors (Lipinski definition) is 1. The van der Waals surface area contributed by atoms with Crippen molar-refractivity contribution in [3.8, 4) is 0 Å². The van der Waals surface area contributed by atoms with Crippen LogP contribution in [0.5, 0.6) is 0 Å². The van der Waals surface area contributed by atoms with Gasteiger partial charge >= 0.3 is 0 Å². The van der Waals surface area contributed by atoms with Crippen LogP contribution in [0.25, 0.3) is 12.3 Å². The molecular weight excluding hydrogens is 170 g/mol. The topological polar surface area (TPSA) is 12.0 Å². The van der Waals surface area contributed by atoms with E-state index in [-0.39, 0.29) is 0 Å². The SMILES string of the molecule is C=CC1NC=c2ccccc2=CC1C. The Morgan fingerprint density at radius 3 is 2.71 bits per heavy atom. The van der Waals surface area contributed by atoms with Gasteiger partial charge in [0.25, 0.3) is 0 Å². The third-order valence-electron chi connectivity index (χ3n) is 2.69. The highest BCUT2D eigenvalue weighted by atomic mass is 14.9. The fourth-order valence-corrected chi connectivity index (χ4v) is 1.80. The van der Waals surface area contributed by atoms with E-state index in [4.69, 9.17) is 0 Å². The molecule has 0 spiro atoms. The smallest absolute Gasteiger partial charge is 0.0496 e. The van der Waals surface area contributed by atoms with Crippen LogP contribution >= 0.6 is 0 Å². The van der Waals surface area contributed by atoms with Gasteiger partial charge in [0.2, 0.25) is 0 Å². The Morgan fingerprint density at radius 1 is 1.29 bits per heavy atom. The highest BCUT2D eigenvalue weighted by Crippen LogP contribution is 2.06. The van der Waals surface area contributed by atoms with Crippen LogP contribution in [-0.2, 0) is 0 Å². The molecule has 0 saturated carbocycles. The van der Waals surface area contributed by atoms with E-state index in [1.165, 1.54) is 10.4 Å². The molecule has 0 bridgehead atoms. The number of benzene rings is 1. The zero-order valence-corrected chi connectivity index (χ0v) is 8.40. The van der Waals surface area contributed by atoms with Crippen molar-refractivity contribution in [1.29, 1.82) is 0 Å². The molecule has 0 fully saturated rings. The van der Waals surface area contributed by atoms with Crippen molar-refractivity contribution in [1.82, 2.24) is 5.32 Å². The summed E-state index contributed by atoms with van der Waals surface area (Å²) in [6.07, 6.45) is 6.32. The molecule has 1 aromatic carbocycles. The van der Waals surface area contributed by atoms with Gasteiger partial charge in [-0.2, -0.15) is 0 Å². The first-order chi connectivity index (χ1) is 6.81. The molecule has 0 saturated heterocycles. The van der Waals surface area contributed by atoms with Crippen molar-refractivity contribution in [3.05, 3.63) is 47.4 Å². The van der Waals surface area contributed by atoms with Crippen LogP contribution in [0.15, 0.2) is 36.9 Å². The molecule has 0 amide bonds. The molecule has 0 radical (unpaired) electrons. The molecule has 1 aliphatic heterocycles. The summed E-state index contributed by atoms with van der Waals surface area (Å²) in [6, 6.07) is 8.74. The Balaban J connectivity index is 2.58. The largest absolute Gasteiger partial charge is 0.384 e. The minimum atomic E-state index is 0.336.